The van der Waals surface area contributed by atoms with E-state index in [0.717, 1.165) is 19.3 Å². The fourth-order valence-corrected chi connectivity index (χ4v) is 13.7. The average Bonchev–Trinajstić information content (AvgIpc) is 2.88. The van der Waals surface area contributed by atoms with Gasteiger partial charge in [0.2, 0.25) is 0 Å². The second-order valence-electron chi connectivity index (χ2n) is 12.7. The molecule has 3 aromatic carbocycles. The predicted molar refractivity (Wildman–Crippen MR) is 175 cm³/mol. The van der Waals surface area contributed by atoms with Gasteiger partial charge in [-0.3, -0.25) is 0 Å². The normalized spacial score (nSPS) is 15.6. The van der Waals surface area contributed by atoms with Crippen molar-refractivity contribution >= 4 is 41.3 Å². The largest absolute Gasteiger partial charge is 1.00 e. The molecule has 0 aliphatic carbocycles. The summed E-state index contributed by atoms with van der Waals surface area (Å²) in [5.41, 5.74) is -0.731. The van der Waals surface area contributed by atoms with Gasteiger partial charge in [0.05, 0.1) is 0 Å². The van der Waals surface area contributed by atoms with Crippen LogP contribution in [0.25, 0.3) is 0 Å². The zero-order valence-electron chi connectivity index (χ0n) is 25.6. The maximum Gasteiger partial charge on any atom is 0.279 e. The van der Waals surface area contributed by atoms with Crippen molar-refractivity contribution in [3.05, 3.63) is 91.0 Å². The molecule has 0 saturated carbocycles. The summed E-state index contributed by atoms with van der Waals surface area (Å²) in [6, 6.07) is 33.5. The highest BCUT2D eigenvalue weighted by Crippen LogP contribution is 2.69. The van der Waals surface area contributed by atoms with Gasteiger partial charge in [0.1, 0.15) is 15.9 Å². The van der Waals surface area contributed by atoms with Gasteiger partial charge in [-0.2, -0.15) is 0 Å². The molecule has 2 nitrogen and oxygen atoms in total. The van der Waals surface area contributed by atoms with Crippen LogP contribution < -0.4 is 32.9 Å². The van der Waals surface area contributed by atoms with E-state index in [1.807, 2.05) is 0 Å². The lowest BCUT2D eigenvalue weighted by Crippen LogP contribution is -3.00. The summed E-state index contributed by atoms with van der Waals surface area (Å²) in [7, 11) is -5.88. The minimum atomic E-state index is -2.45. The molecular formula is C33H50BrO2PSi2. The standard InChI is InChI=1S/C33H50O2PSi2.BrH/c1-10-11-27-33(34-37(8)31(2,3)4,35-38(9)32(5,6)7)36(28-21-15-12-16-22-28,29-23-17-13-18-24-29)30-25-19-14-20-26-30;/h12-26,37-38H,10-11,27H2,1-9H3;1H/q+1;/p-1. The molecule has 0 aromatic heterocycles. The SMILES string of the molecule is CCCCC(O[SiH](C)C(C)(C)C)(O[SiH](C)C(C)(C)C)[P+](c1ccccc1)(c1ccccc1)c1ccccc1.[Br-]. The van der Waals surface area contributed by atoms with Crippen LogP contribution in [0.3, 0.4) is 0 Å². The van der Waals surface area contributed by atoms with Crippen molar-refractivity contribution in [3.63, 3.8) is 0 Å². The third-order valence-electron chi connectivity index (χ3n) is 7.95. The number of benzene rings is 3. The van der Waals surface area contributed by atoms with E-state index in [1.165, 1.54) is 15.9 Å². The molecule has 0 heterocycles. The van der Waals surface area contributed by atoms with Crippen LogP contribution in [-0.4, -0.2) is 23.6 Å². The Balaban J connectivity index is 0.00000533. The van der Waals surface area contributed by atoms with E-state index in [9.17, 15) is 0 Å². The summed E-state index contributed by atoms with van der Waals surface area (Å²) in [4.78, 5) is 0. The molecule has 6 heteroatoms. The Morgan fingerprint density at radius 3 is 1.15 bits per heavy atom. The molecule has 0 saturated heterocycles. The summed E-state index contributed by atoms with van der Waals surface area (Å²) in [6.07, 6.45) is 3.05. The lowest BCUT2D eigenvalue weighted by Gasteiger charge is -2.49. The molecule has 0 aliphatic heterocycles. The van der Waals surface area contributed by atoms with Crippen LogP contribution in [0.5, 0.6) is 0 Å². The Bertz CT molecular complexity index is 997. The van der Waals surface area contributed by atoms with Gasteiger partial charge in [0, 0.05) is 6.42 Å². The molecule has 39 heavy (non-hydrogen) atoms. The van der Waals surface area contributed by atoms with E-state index in [-0.39, 0.29) is 27.1 Å². The maximum atomic E-state index is 7.70. The van der Waals surface area contributed by atoms with Crippen LogP contribution in [0.15, 0.2) is 91.0 Å². The predicted octanol–water partition coefficient (Wildman–Crippen LogP) is 5.17. The Hall–Kier alpha value is -1.08. The number of hydrogen-bond acceptors (Lipinski definition) is 2. The van der Waals surface area contributed by atoms with Crippen LogP contribution in [0.4, 0.5) is 0 Å². The Kier molecular flexibility index (Phi) is 12.4. The van der Waals surface area contributed by atoms with Crippen molar-refractivity contribution in [1.82, 2.24) is 0 Å². The van der Waals surface area contributed by atoms with Gasteiger partial charge in [-0.25, -0.2) is 0 Å². The minimum Gasteiger partial charge on any atom is -1.00 e. The topological polar surface area (TPSA) is 18.5 Å². The van der Waals surface area contributed by atoms with Crippen LogP contribution in [-0.2, 0) is 8.85 Å². The molecular weight excluding hydrogens is 595 g/mol. The Labute approximate surface area is 253 Å². The Morgan fingerprint density at radius 2 is 0.897 bits per heavy atom. The Morgan fingerprint density at radius 1 is 0.590 bits per heavy atom. The van der Waals surface area contributed by atoms with E-state index in [1.54, 1.807) is 0 Å². The first-order valence-corrected chi connectivity index (χ1v) is 20.5. The second kappa shape index (κ2) is 14.2. The summed E-state index contributed by atoms with van der Waals surface area (Å²) < 4.78 is 15.4. The first-order chi connectivity index (χ1) is 17.9. The zero-order chi connectivity index (χ0) is 28.0. The number of rotatable bonds is 11. The maximum absolute atomic E-state index is 7.70. The second-order valence-corrected chi connectivity index (χ2v) is 22.8. The van der Waals surface area contributed by atoms with E-state index < -0.39 is 30.9 Å². The highest BCUT2D eigenvalue weighted by molar-refractivity contribution is 7.96. The van der Waals surface area contributed by atoms with Gasteiger partial charge < -0.3 is 25.8 Å². The van der Waals surface area contributed by atoms with Crippen molar-refractivity contribution < 1.29 is 25.8 Å². The third-order valence-corrected chi connectivity index (χ3v) is 19.4. The molecule has 0 radical (unpaired) electrons. The van der Waals surface area contributed by atoms with Gasteiger partial charge in [-0.05, 0) is 66.0 Å². The van der Waals surface area contributed by atoms with Crippen LogP contribution in [0.1, 0.15) is 67.7 Å². The molecule has 2 atom stereocenters. The summed E-state index contributed by atoms with van der Waals surface area (Å²) in [5, 5.41) is 4.20. The summed E-state index contributed by atoms with van der Waals surface area (Å²) in [6.45, 7) is 21.1. The first-order valence-electron chi connectivity index (χ1n) is 14.3. The van der Waals surface area contributed by atoms with Crippen LogP contribution in [0.2, 0.25) is 23.2 Å². The lowest BCUT2D eigenvalue weighted by atomic mass is 10.2. The van der Waals surface area contributed by atoms with Crippen molar-refractivity contribution in [2.45, 2.75) is 96.4 Å². The van der Waals surface area contributed by atoms with E-state index >= 15 is 0 Å². The number of unbranched alkanes of at least 4 members (excludes halogenated alkanes) is 1. The summed E-state index contributed by atoms with van der Waals surface area (Å²) >= 11 is 0. The fourth-order valence-electron chi connectivity index (χ4n) is 4.77. The molecule has 0 bridgehead atoms. The van der Waals surface area contributed by atoms with Crippen molar-refractivity contribution in [2.24, 2.45) is 0 Å². The van der Waals surface area contributed by atoms with E-state index in [2.05, 4.69) is 153 Å². The molecule has 0 aliphatic rings. The number of hydrogen-bond donors (Lipinski definition) is 0. The molecule has 0 N–H and O–H groups in total. The molecule has 0 fully saturated rings. The first kappa shape index (κ1) is 34.1. The van der Waals surface area contributed by atoms with Crippen molar-refractivity contribution in [1.29, 1.82) is 0 Å². The zero-order valence-corrected chi connectivity index (χ0v) is 30.4. The monoisotopic (exact) mass is 644 g/mol. The fraction of sp³-hybridized carbons (Fsp3) is 0.455. The van der Waals surface area contributed by atoms with Crippen molar-refractivity contribution in [3.8, 4) is 0 Å². The molecule has 214 valence electrons. The van der Waals surface area contributed by atoms with Gasteiger partial charge >= 0.3 is 0 Å². The quantitative estimate of drug-likeness (QED) is 0.163. The molecule has 3 aromatic rings. The minimum absolute atomic E-state index is 0. The lowest BCUT2D eigenvalue weighted by molar-refractivity contribution is -0.0544. The van der Waals surface area contributed by atoms with Gasteiger partial charge in [-0.1, -0.05) is 109 Å². The van der Waals surface area contributed by atoms with E-state index in [0.29, 0.717) is 0 Å². The third kappa shape index (κ3) is 7.61. The average molecular weight is 646 g/mol. The summed E-state index contributed by atoms with van der Waals surface area (Å²) in [5.74, 6) is 0. The van der Waals surface area contributed by atoms with Crippen LogP contribution >= 0.6 is 7.26 Å². The molecule has 2 unspecified atom stereocenters. The highest BCUT2D eigenvalue weighted by Gasteiger charge is 2.66. The van der Waals surface area contributed by atoms with Gasteiger partial charge in [0.25, 0.3) is 5.53 Å². The highest BCUT2D eigenvalue weighted by atomic mass is 79.9. The smallest absolute Gasteiger partial charge is 0.279 e. The number of halogens is 1. The van der Waals surface area contributed by atoms with Crippen molar-refractivity contribution in [2.75, 3.05) is 0 Å². The molecule has 0 spiro atoms. The van der Waals surface area contributed by atoms with Gasteiger partial charge in [0.15, 0.2) is 25.3 Å². The van der Waals surface area contributed by atoms with E-state index in [4.69, 9.17) is 8.85 Å². The molecule has 0 amide bonds. The molecule has 3 rings (SSSR count). The van der Waals surface area contributed by atoms with Gasteiger partial charge in [-0.15, -0.1) is 0 Å². The van der Waals surface area contributed by atoms with Crippen LogP contribution in [0, 0.1) is 0 Å².